The van der Waals surface area contributed by atoms with Crippen molar-refractivity contribution in [3.05, 3.63) is 89.7 Å². The van der Waals surface area contributed by atoms with Gasteiger partial charge in [-0.2, -0.15) is 4.31 Å². The van der Waals surface area contributed by atoms with E-state index in [1.165, 1.54) is 31.4 Å². The SMILES string of the molecule is COc1ccc(C)cc1S(=O)(=O)N(CC(=O)Nc1ccccc1F)Cc1ccccc1. The van der Waals surface area contributed by atoms with E-state index in [2.05, 4.69) is 5.32 Å². The second-order valence-electron chi connectivity index (χ2n) is 6.94. The molecule has 0 unspecified atom stereocenters. The molecule has 0 aliphatic rings. The number of hydrogen-bond acceptors (Lipinski definition) is 4. The molecule has 0 saturated carbocycles. The Balaban J connectivity index is 1.95. The van der Waals surface area contributed by atoms with Crippen molar-refractivity contribution in [3.8, 4) is 5.75 Å². The molecule has 3 aromatic carbocycles. The van der Waals surface area contributed by atoms with Gasteiger partial charge < -0.3 is 10.1 Å². The molecule has 0 aliphatic heterocycles. The summed E-state index contributed by atoms with van der Waals surface area (Å²) in [5.41, 5.74) is 1.42. The highest BCUT2D eigenvalue weighted by Crippen LogP contribution is 2.29. The Hall–Kier alpha value is -3.23. The van der Waals surface area contributed by atoms with Crippen molar-refractivity contribution in [3.63, 3.8) is 0 Å². The molecule has 162 valence electrons. The van der Waals surface area contributed by atoms with Crippen molar-refractivity contribution < 1.29 is 22.3 Å². The molecule has 0 aromatic heterocycles. The number of hydrogen-bond donors (Lipinski definition) is 1. The molecule has 31 heavy (non-hydrogen) atoms. The summed E-state index contributed by atoms with van der Waals surface area (Å²) in [7, 11) is -2.72. The summed E-state index contributed by atoms with van der Waals surface area (Å²) in [5, 5.41) is 2.44. The zero-order chi connectivity index (χ0) is 22.4. The molecule has 0 saturated heterocycles. The van der Waals surface area contributed by atoms with Crippen molar-refractivity contribution >= 4 is 21.6 Å². The topological polar surface area (TPSA) is 75.7 Å². The number of aryl methyl sites for hydroxylation is 1. The molecule has 6 nitrogen and oxygen atoms in total. The molecule has 3 rings (SSSR count). The maximum absolute atomic E-state index is 13.9. The smallest absolute Gasteiger partial charge is 0.247 e. The number of amides is 1. The van der Waals surface area contributed by atoms with Crippen LogP contribution >= 0.6 is 0 Å². The monoisotopic (exact) mass is 442 g/mol. The maximum atomic E-state index is 13.9. The van der Waals surface area contributed by atoms with Crippen LogP contribution in [0.5, 0.6) is 5.75 Å². The zero-order valence-corrected chi connectivity index (χ0v) is 18.0. The van der Waals surface area contributed by atoms with Crippen LogP contribution in [0.15, 0.2) is 77.7 Å². The highest BCUT2D eigenvalue weighted by atomic mass is 32.2. The first kappa shape index (κ1) is 22.5. The van der Waals surface area contributed by atoms with Crippen LogP contribution in [-0.2, 0) is 21.4 Å². The fraction of sp³-hybridized carbons (Fsp3) is 0.174. The number of sulfonamides is 1. The average molecular weight is 443 g/mol. The van der Waals surface area contributed by atoms with Crippen molar-refractivity contribution in [1.29, 1.82) is 0 Å². The van der Waals surface area contributed by atoms with Crippen molar-refractivity contribution in [2.24, 2.45) is 0 Å². The van der Waals surface area contributed by atoms with Crippen LogP contribution in [0.25, 0.3) is 0 Å². The van der Waals surface area contributed by atoms with Crippen LogP contribution in [0.1, 0.15) is 11.1 Å². The van der Waals surface area contributed by atoms with Gasteiger partial charge in [0, 0.05) is 6.54 Å². The number of anilines is 1. The number of carbonyl (C=O) groups is 1. The predicted molar refractivity (Wildman–Crippen MR) is 117 cm³/mol. The van der Waals surface area contributed by atoms with Crippen LogP contribution in [0, 0.1) is 12.7 Å². The molecule has 0 aliphatic carbocycles. The largest absolute Gasteiger partial charge is 0.495 e. The summed E-state index contributed by atoms with van der Waals surface area (Å²) < 4.78 is 47.2. The van der Waals surface area contributed by atoms with E-state index < -0.39 is 28.3 Å². The summed E-state index contributed by atoms with van der Waals surface area (Å²) in [6.45, 7) is 1.23. The third-order valence-corrected chi connectivity index (χ3v) is 6.42. The molecule has 0 radical (unpaired) electrons. The first-order valence-corrected chi connectivity index (χ1v) is 11.0. The number of rotatable bonds is 8. The fourth-order valence-corrected chi connectivity index (χ4v) is 4.67. The maximum Gasteiger partial charge on any atom is 0.247 e. The van der Waals surface area contributed by atoms with E-state index in [1.54, 1.807) is 49.4 Å². The van der Waals surface area contributed by atoms with E-state index in [0.717, 1.165) is 9.87 Å². The molecular formula is C23H23FN2O4S. The molecule has 8 heteroatoms. The van der Waals surface area contributed by atoms with Gasteiger partial charge in [-0.05, 0) is 42.3 Å². The lowest BCUT2D eigenvalue weighted by atomic mass is 10.2. The lowest BCUT2D eigenvalue weighted by Crippen LogP contribution is -2.37. The molecule has 0 heterocycles. The highest BCUT2D eigenvalue weighted by Gasteiger charge is 2.30. The summed E-state index contributed by atoms with van der Waals surface area (Å²) in [6, 6.07) is 19.4. The van der Waals surface area contributed by atoms with Crippen molar-refractivity contribution in [2.45, 2.75) is 18.4 Å². The number of nitrogens with zero attached hydrogens (tertiary/aromatic N) is 1. The molecule has 0 fully saturated rings. The average Bonchev–Trinajstić information content (AvgIpc) is 2.75. The second kappa shape index (κ2) is 9.72. The van der Waals surface area contributed by atoms with E-state index in [-0.39, 0.29) is 22.9 Å². The van der Waals surface area contributed by atoms with Gasteiger partial charge in [0.15, 0.2) is 0 Å². The zero-order valence-electron chi connectivity index (χ0n) is 17.2. The summed E-state index contributed by atoms with van der Waals surface area (Å²) in [4.78, 5) is 12.6. The standard InChI is InChI=1S/C23H23FN2O4S/c1-17-12-13-21(30-2)22(14-17)31(28,29)26(15-18-8-4-3-5-9-18)16-23(27)25-20-11-7-6-10-19(20)24/h3-14H,15-16H2,1-2H3,(H,25,27). The van der Waals surface area contributed by atoms with Crippen molar-refractivity contribution in [2.75, 3.05) is 19.0 Å². The molecule has 1 N–H and O–H groups in total. The molecule has 3 aromatic rings. The van der Waals surface area contributed by atoms with Gasteiger partial charge in [-0.25, -0.2) is 12.8 Å². The molecular weight excluding hydrogens is 419 g/mol. The molecule has 0 spiro atoms. The number of ether oxygens (including phenoxy) is 1. The number of halogens is 1. The second-order valence-corrected chi connectivity index (χ2v) is 8.85. The number of methoxy groups -OCH3 is 1. The van der Waals surface area contributed by atoms with Gasteiger partial charge in [0.25, 0.3) is 0 Å². The Morgan fingerprint density at radius 1 is 1.03 bits per heavy atom. The van der Waals surface area contributed by atoms with Crippen molar-refractivity contribution in [1.82, 2.24) is 4.31 Å². The lowest BCUT2D eigenvalue weighted by Gasteiger charge is -2.23. The van der Waals surface area contributed by atoms with Gasteiger partial charge in [-0.3, -0.25) is 4.79 Å². The van der Waals surface area contributed by atoms with Crippen LogP contribution in [0.3, 0.4) is 0 Å². The Morgan fingerprint density at radius 2 is 1.71 bits per heavy atom. The first-order valence-electron chi connectivity index (χ1n) is 9.54. The number of para-hydroxylation sites is 1. The normalized spacial score (nSPS) is 11.4. The van der Waals surface area contributed by atoms with Crippen LogP contribution in [-0.4, -0.2) is 32.3 Å². The molecule has 0 atom stereocenters. The van der Waals surface area contributed by atoms with Gasteiger partial charge in [-0.1, -0.05) is 48.5 Å². The molecule has 1 amide bonds. The number of nitrogens with one attached hydrogen (secondary N) is 1. The minimum absolute atomic E-state index is 0.0160. The summed E-state index contributed by atoms with van der Waals surface area (Å²) in [6.07, 6.45) is 0. The minimum Gasteiger partial charge on any atom is -0.495 e. The van der Waals surface area contributed by atoms with E-state index in [1.807, 2.05) is 6.07 Å². The van der Waals surface area contributed by atoms with Gasteiger partial charge in [0.1, 0.15) is 16.5 Å². The van der Waals surface area contributed by atoms with E-state index in [0.29, 0.717) is 5.56 Å². The Labute approximate surface area is 181 Å². The Morgan fingerprint density at radius 3 is 2.39 bits per heavy atom. The number of carbonyl (C=O) groups excluding carboxylic acids is 1. The third-order valence-electron chi connectivity index (χ3n) is 4.61. The van der Waals surface area contributed by atoms with E-state index in [9.17, 15) is 17.6 Å². The predicted octanol–water partition coefficient (Wildman–Crippen LogP) is 3.97. The van der Waals surface area contributed by atoms with Crippen LogP contribution in [0.2, 0.25) is 0 Å². The van der Waals surface area contributed by atoms with Crippen LogP contribution in [0.4, 0.5) is 10.1 Å². The van der Waals surface area contributed by atoms with Gasteiger partial charge in [0.2, 0.25) is 15.9 Å². The summed E-state index contributed by atoms with van der Waals surface area (Å²) >= 11 is 0. The highest BCUT2D eigenvalue weighted by molar-refractivity contribution is 7.89. The third kappa shape index (κ3) is 5.48. The first-order chi connectivity index (χ1) is 14.8. The van der Waals surface area contributed by atoms with Gasteiger partial charge in [-0.15, -0.1) is 0 Å². The quantitative estimate of drug-likeness (QED) is 0.573. The Kier molecular flexibility index (Phi) is 7.04. The lowest BCUT2D eigenvalue weighted by molar-refractivity contribution is -0.116. The molecule has 0 bridgehead atoms. The van der Waals surface area contributed by atoms with E-state index in [4.69, 9.17) is 4.74 Å². The van der Waals surface area contributed by atoms with E-state index >= 15 is 0 Å². The Bertz CT molecular complexity index is 1170. The van der Waals surface area contributed by atoms with Gasteiger partial charge >= 0.3 is 0 Å². The minimum atomic E-state index is -4.11. The van der Waals surface area contributed by atoms with Gasteiger partial charge in [0.05, 0.1) is 19.3 Å². The fourth-order valence-electron chi connectivity index (χ4n) is 3.05. The summed E-state index contributed by atoms with van der Waals surface area (Å²) in [5.74, 6) is -1.08. The number of benzene rings is 3. The van der Waals surface area contributed by atoms with Crippen LogP contribution < -0.4 is 10.1 Å².